The van der Waals surface area contributed by atoms with E-state index in [1.807, 2.05) is 42.5 Å². The van der Waals surface area contributed by atoms with Crippen LogP contribution >= 0.6 is 0 Å². The van der Waals surface area contributed by atoms with Crippen molar-refractivity contribution in [3.05, 3.63) is 54.2 Å². The van der Waals surface area contributed by atoms with Crippen LogP contribution in [0, 0.1) is 11.3 Å². The van der Waals surface area contributed by atoms with Gasteiger partial charge in [-0.3, -0.25) is 0 Å². The van der Waals surface area contributed by atoms with E-state index in [0.717, 1.165) is 43.0 Å². The number of pyridine rings is 1. The molecule has 0 radical (unpaired) electrons. The smallest absolute Gasteiger partial charge is 0.319 e. The van der Waals surface area contributed by atoms with E-state index in [1.54, 1.807) is 6.20 Å². The minimum atomic E-state index is -0.190. The van der Waals surface area contributed by atoms with Crippen LogP contribution in [0.3, 0.4) is 0 Å². The first-order chi connectivity index (χ1) is 12.2. The lowest BCUT2D eigenvalue weighted by Crippen LogP contribution is -2.46. The molecule has 1 aliphatic heterocycles. The summed E-state index contributed by atoms with van der Waals surface area (Å²) in [5.74, 6) is 0.989. The van der Waals surface area contributed by atoms with Gasteiger partial charge in [-0.2, -0.15) is 5.26 Å². The second-order valence-corrected chi connectivity index (χ2v) is 6.08. The summed E-state index contributed by atoms with van der Waals surface area (Å²) >= 11 is 0. The number of urea groups is 1. The van der Waals surface area contributed by atoms with E-state index in [4.69, 9.17) is 5.26 Å². The first kappa shape index (κ1) is 16.8. The number of aromatic nitrogens is 1. The van der Waals surface area contributed by atoms with Crippen molar-refractivity contribution in [2.75, 3.05) is 23.3 Å². The summed E-state index contributed by atoms with van der Waals surface area (Å²) in [6, 6.07) is 15.3. The van der Waals surface area contributed by atoms with Crippen molar-refractivity contribution in [3.63, 3.8) is 0 Å². The molecular weight excluding hydrogens is 314 g/mol. The molecule has 128 valence electrons. The van der Waals surface area contributed by atoms with E-state index in [2.05, 4.69) is 26.6 Å². The Kier molecular flexibility index (Phi) is 5.47. The van der Waals surface area contributed by atoms with Gasteiger partial charge in [0.25, 0.3) is 0 Å². The van der Waals surface area contributed by atoms with Gasteiger partial charge in [-0.25, -0.2) is 9.78 Å². The normalized spacial score (nSPS) is 14.6. The summed E-state index contributed by atoms with van der Waals surface area (Å²) in [5, 5.41) is 14.5. The molecule has 2 N–H and O–H groups in total. The van der Waals surface area contributed by atoms with Crippen LogP contribution in [-0.2, 0) is 6.42 Å². The largest absolute Gasteiger partial charge is 0.356 e. The number of benzene rings is 1. The topological polar surface area (TPSA) is 81.0 Å². The number of piperidine rings is 1. The van der Waals surface area contributed by atoms with Crippen LogP contribution in [0.1, 0.15) is 18.4 Å². The number of nitrogens with one attached hydrogen (secondary N) is 2. The van der Waals surface area contributed by atoms with E-state index in [1.165, 1.54) is 0 Å². The molecule has 2 heterocycles. The molecule has 3 rings (SSSR count). The second-order valence-electron chi connectivity index (χ2n) is 6.08. The molecule has 0 atom stereocenters. The average molecular weight is 335 g/mol. The van der Waals surface area contributed by atoms with Crippen LogP contribution < -0.4 is 15.5 Å². The molecule has 0 saturated carbocycles. The fourth-order valence-corrected chi connectivity index (χ4v) is 2.94. The van der Waals surface area contributed by atoms with Gasteiger partial charge in [-0.15, -0.1) is 0 Å². The van der Waals surface area contributed by atoms with Crippen molar-refractivity contribution in [1.29, 1.82) is 5.26 Å². The van der Waals surface area contributed by atoms with E-state index >= 15 is 0 Å². The second kappa shape index (κ2) is 8.15. The SMILES string of the molecule is N#CCc1ccc(NC(=O)NC2CCN(c3ccccn3)CC2)cc1. The van der Waals surface area contributed by atoms with Gasteiger partial charge < -0.3 is 15.5 Å². The van der Waals surface area contributed by atoms with Gasteiger partial charge in [0.1, 0.15) is 5.82 Å². The average Bonchev–Trinajstić information content (AvgIpc) is 2.65. The third-order valence-electron chi connectivity index (χ3n) is 4.30. The number of hydrogen-bond acceptors (Lipinski definition) is 4. The van der Waals surface area contributed by atoms with Crippen molar-refractivity contribution in [2.24, 2.45) is 0 Å². The maximum atomic E-state index is 12.1. The maximum Gasteiger partial charge on any atom is 0.319 e. The molecule has 0 aliphatic carbocycles. The lowest BCUT2D eigenvalue weighted by atomic mass is 10.1. The van der Waals surface area contributed by atoms with Crippen LogP contribution in [0.15, 0.2) is 48.7 Å². The number of anilines is 2. The number of nitriles is 1. The lowest BCUT2D eigenvalue weighted by Gasteiger charge is -2.33. The van der Waals surface area contributed by atoms with Gasteiger partial charge >= 0.3 is 6.03 Å². The van der Waals surface area contributed by atoms with Crippen LogP contribution in [0.25, 0.3) is 0 Å². The molecule has 0 spiro atoms. The number of hydrogen-bond donors (Lipinski definition) is 2. The zero-order valence-corrected chi connectivity index (χ0v) is 14.0. The molecule has 1 aromatic carbocycles. The Hall–Kier alpha value is -3.07. The Labute approximate surface area is 147 Å². The summed E-state index contributed by atoms with van der Waals surface area (Å²) in [5.41, 5.74) is 1.67. The van der Waals surface area contributed by atoms with Gasteiger partial charge in [0.05, 0.1) is 12.5 Å². The van der Waals surface area contributed by atoms with Crippen molar-refractivity contribution in [1.82, 2.24) is 10.3 Å². The Morgan fingerprint density at radius 3 is 2.60 bits per heavy atom. The van der Waals surface area contributed by atoms with Gasteiger partial charge in [-0.05, 0) is 42.7 Å². The minimum absolute atomic E-state index is 0.165. The molecule has 25 heavy (non-hydrogen) atoms. The number of carbonyl (C=O) groups is 1. The van der Waals surface area contributed by atoms with Gasteiger partial charge in [0, 0.05) is 31.0 Å². The quantitative estimate of drug-likeness (QED) is 0.900. The zero-order chi connectivity index (χ0) is 17.5. The minimum Gasteiger partial charge on any atom is -0.356 e. The first-order valence-electron chi connectivity index (χ1n) is 8.44. The maximum absolute atomic E-state index is 12.1. The van der Waals surface area contributed by atoms with Crippen LogP contribution in [0.5, 0.6) is 0 Å². The summed E-state index contributed by atoms with van der Waals surface area (Å²) < 4.78 is 0. The van der Waals surface area contributed by atoms with Gasteiger partial charge in [0.2, 0.25) is 0 Å². The van der Waals surface area contributed by atoms with Crippen LogP contribution in [-0.4, -0.2) is 30.1 Å². The van der Waals surface area contributed by atoms with Crippen LogP contribution in [0.2, 0.25) is 0 Å². The third-order valence-corrected chi connectivity index (χ3v) is 4.30. The third kappa shape index (κ3) is 4.70. The highest BCUT2D eigenvalue weighted by Crippen LogP contribution is 2.17. The Balaban J connectivity index is 1.45. The summed E-state index contributed by atoms with van der Waals surface area (Å²) in [4.78, 5) is 18.8. The molecule has 1 aromatic heterocycles. The Morgan fingerprint density at radius 2 is 1.96 bits per heavy atom. The summed E-state index contributed by atoms with van der Waals surface area (Å²) in [6.07, 6.45) is 3.96. The summed E-state index contributed by atoms with van der Waals surface area (Å²) in [6.45, 7) is 1.76. The standard InChI is InChI=1S/C19H21N5O/c20-11-8-15-4-6-16(7-5-15)22-19(25)23-17-9-13-24(14-10-17)18-3-1-2-12-21-18/h1-7,12,17H,8-10,13-14H2,(H2,22,23,25). The molecule has 1 fully saturated rings. The van der Waals surface area contributed by atoms with E-state index in [-0.39, 0.29) is 12.1 Å². The highest BCUT2D eigenvalue weighted by Gasteiger charge is 2.21. The molecule has 1 saturated heterocycles. The van der Waals surface area contributed by atoms with E-state index in [0.29, 0.717) is 6.42 Å². The fourth-order valence-electron chi connectivity index (χ4n) is 2.94. The number of amides is 2. The predicted octanol–water partition coefficient (Wildman–Crippen LogP) is 2.94. The highest BCUT2D eigenvalue weighted by molar-refractivity contribution is 5.89. The zero-order valence-electron chi connectivity index (χ0n) is 14.0. The molecule has 2 amide bonds. The number of carbonyl (C=O) groups excluding carboxylic acids is 1. The van der Waals surface area contributed by atoms with Gasteiger partial charge in [-0.1, -0.05) is 18.2 Å². The van der Waals surface area contributed by atoms with Crippen molar-refractivity contribution < 1.29 is 4.79 Å². The van der Waals surface area contributed by atoms with Crippen molar-refractivity contribution >= 4 is 17.5 Å². The fraction of sp³-hybridized carbons (Fsp3) is 0.316. The predicted molar refractivity (Wildman–Crippen MR) is 97.4 cm³/mol. The first-order valence-corrected chi connectivity index (χ1v) is 8.44. The molecule has 6 nitrogen and oxygen atoms in total. The van der Waals surface area contributed by atoms with Crippen LogP contribution in [0.4, 0.5) is 16.3 Å². The monoisotopic (exact) mass is 335 g/mol. The summed E-state index contributed by atoms with van der Waals surface area (Å²) in [7, 11) is 0. The number of rotatable bonds is 4. The molecule has 6 heteroatoms. The van der Waals surface area contributed by atoms with Crippen molar-refractivity contribution in [3.8, 4) is 6.07 Å². The number of nitrogens with zero attached hydrogens (tertiary/aromatic N) is 3. The molecular formula is C19H21N5O. The van der Waals surface area contributed by atoms with E-state index in [9.17, 15) is 4.79 Å². The molecule has 0 bridgehead atoms. The Bertz CT molecular complexity index is 731. The lowest BCUT2D eigenvalue weighted by molar-refractivity contribution is 0.246. The van der Waals surface area contributed by atoms with Crippen molar-refractivity contribution in [2.45, 2.75) is 25.3 Å². The van der Waals surface area contributed by atoms with Gasteiger partial charge in [0.15, 0.2) is 0 Å². The molecule has 0 unspecified atom stereocenters. The highest BCUT2D eigenvalue weighted by atomic mass is 16.2. The molecule has 2 aromatic rings. The molecule has 1 aliphatic rings. The Morgan fingerprint density at radius 1 is 1.20 bits per heavy atom. The van der Waals surface area contributed by atoms with E-state index < -0.39 is 0 Å².